The van der Waals surface area contributed by atoms with E-state index in [1.807, 2.05) is 30.3 Å². The van der Waals surface area contributed by atoms with Gasteiger partial charge in [0, 0.05) is 26.2 Å². The lowest BCUT2D eigenvalue weighted by Crippen LogP contribution is -2.49. The Hall–Kier alpha value is -3.17. The summed E-state index contributed by atoms with van der Waals surface area (Å²) in [6, 6.07) is 18.0. The summed E-state index contributed by atoms with van der Waals surface area (Å²) in [5, 5.41) is 10.5. The maximum atomic E-state index is 12.8. The van der Waals surface area contributed by atoms with Crippen molar-refractivity contribution in [1.29, 1.82) is 5.26 Å². The second-order valence-electron chi connectivity index (χ2n) is 7.01. The minimum atomic E-state index is -0.201. The molecule has 1 fully saturated rings. The topological polar surface area (TPSA) is 60.2 Å². The lowest BCUT2D eigenvalue weighted by Gasteiger charge is -2.34. The van der Waals surface area contributed by atoms with Crippen LogP contribution in [0.3, 0.4) is 0 Å². The number of nitrogens with zero attached hydrogens (tertiary/aromatic N) is 4. The summed E-state index contributed by atoms with van der Waals surface area (Å²) >= 11 is 1.70. The third kappa shape index (κ3) is 4.15. The quantitative estimate of drug-likeness (QED) is 0.487. The lowest BCUT2D eigenvalue weighted by atomic mass is 10.1. The molecule has 0 saturated carbocycles. The molecule has 6 heteroatoms. The predicted molar refractivity (Wildman–Crippen MR) is 118 cm³/mol. The number of aromatic nitrogens is 1. The van der Waals surface area contributed by atoms with Gasteiger partial charge < -0.3 is 9.80 Å². The summed E-state index contributed by atoms with van der Waals surface area (Å²) in [4.78, 5) is 21.5. The molecule has 0 unspecified atom stereocenters. The van der Waals surface area contributed by atoms with Crippen molar-refractivity contribution in [2.24, 2.45) is 0 Å². The van der Waals surface area contributed by atoms with Gasteiger partial charge in [-0.15, -0.1) is 0 Å². The van der Waals surface area contributed by atoms with Gasteiger partial charge in [0.2, 0.25) is 0 Å². The molecule has 0 bridgehead atoms. The van der Waals surface area contributed by atoms with Gasteiger partial charge in [0.1, 0.15) is 11.6 Å². The minimum absolute atomic E-state index is 0.178. The molecular formula is C23H22N4OS. The Labute approximate surface area is 174 Å². The number of amides is 1. The number of thiazole rings is 1. The smallest absolute Gasteiger partial charge is 0.264 e. The summed E-state index contributed by atoms with van der Waals surface area (Å²) in [5.74, 6) is -0.201. The lowest BCUT2D eigenvalue weighted by molar-refractivity contribution is -0.126. The maximum Gasteiger partial charge on any atom is 0.264 e. The van der Waals surface area contributed by atoms with E-state index in [4.69, 9.17) is 4.98 Å². The monoisotopic (exact) mass is 402 g/mol. The van der Waals surface area contributed by atoms with Gasteiger partial charge in [-0.05, 0) is 35.8 Å². The van der Waals surface area contributed by atoms with Crippen molar-refractivity contribution in [2.75, 3.05) is 31.1 Å². The van der Waals surface area contributed by atoms with E-state index < -0.39 is 0 Å². The first-order valence-electron chi connectivity index (χ1n) is 9.78. The third-order valence-electron chi connectivity index (χ3n) is 5.15. The molecule has 1 amide bonds. The average molecular weight is 403 g/mol. The van der Waals surface area contributed by atoms with E-state index in [1.54, 1.807) is 22.3 Å². The third-order valence-corrected chi connectivity index (χ3v) is 6.23. The van der Waals surface area contributed by atoms with Crippen LogP contribution in [0.1, 0.15) is 18.1 Å². The molecule has 3 aromatic rings. The van der Waals surface area contributed by atoms with Crippen LogP contribution >= 0.6 is 11.3 Å². The first-order valence-corrected chi connectivity index (χ1v) is 10.6. The zero-order chi connectivity index (χ0) is 20.2. The average Bonchev–Trinajstić information content (AvgIpc) is 3.21. The van der Waals surface area contributed by atoms with Crippen LogP contribution in [-0.2, 0) is 11.2 Å². The highest BCUT2D eigenvalue weighted by Gasteiger charge is 2.25. The number of fused-ring (bicyclic) bond motifs is 1. The van der Waals surface area contributed by atoms with Crippen molar-refractivity contribution in [2.45, 2.75) is 13.3 Å². The molecule has 0 spiro atoms. The van der Waals surface area contributed by atoms with Gasteiger partial charge in [-0.1, -0.05) is 54.7 Å². The zero-order valence-corrected chi connectivity index (χ0v) is 17.2. The number of hydrogen-bond acceptors (Lipinski definition) is 5. The molecule has 1 aliphatic rings. The predicted octanol–water partition coefficient (Wildman–Crippen LogP) is 4.11. The summed E-state index contributed by atoms with van der Waals surface area (Å²) in [6.45, 7) is 4.76. The first-order chi connectivity index (χ1) is 14.2. The maximum absolute atomic E-state index is 12.8. The van der Waals surface area contributed by atoms with Gasteiger partial charge in [0.25, 0.3) is 5.91 Å². The largest absolute Gasteiger partial charge is 0.345 e. The van der Waals surface area contributed by atoms with E-state index in [0.29, 0.717) is 13.1 Å². The van der Waals surface area contributed by atoms with Crippen molar-refractivity contribution in [1.82, 2.24) is 9.88 Å². The summed E-state index contributed by atoms with van der Waals surface area (Å²) in [6.07, 6.45) is 2.68. The zero-order valence-electron chi connectivity index (χ0n) is 16.3. The molecule has 29 heavy (non-hydrogen) atoms. The minimum Gasteiger partial charge on any atom is -0.345 e. The Morgan fingerprint density at radius 3 is 2.62 bits per heavy atom. The van der Waals surface area contributed by atoms with Crippen molar-refractivity contribution < 1.29 is 4.79 Å². The van der Waals surface area contributed by atoms with E-state index >= 15 is 0 Å². The highest BCUT2D eigenvalue weighted by molar-refractivity contribution is 7.22. The Kier molecular flexibility index (Phi) is 5.59. The molecule has 0 radical (unpaired) electrons. The van der Waals surface area contributed by atoms with Crippen LogP contribution < -0.4 is 4.90 Å². The summed E-state index contributed by atoms with van der Waals surface area (Å²) < 4.78 is 1.20. The van der Waals surface area contributed by atoms with Gasteiger partial charge in [-0.2, -0.15) is 5.26 Å². The van der Waals surface area contributed by atoms with Gasteiger partial charge in [-0.25, -0.2) is 4.98 Å². The highest BCUT2D eigenvalue weighted by Crippen LogP contribution is 2.30. The molecule has 0 aliphatic carbocycles. The van der Waals surface area contributed by atoms with Crippen LogP contribution in [0.25, 0.3) is 16.3 Å². The number of carbonyl (C=O) groups excluding carboxylic acids is 1. The molecule has 0 N–H and O–H groups in total. The van der Waals surface area contributed by atoms with E-state index in [9.17, 15) is 10.1 Å². The number of piperazine rings is 1. The second-order valence-corrected chi connectivity index (χ2v) is 8.02. The highest BCUT2D eigenvalue weighted by atomic mass is 32.1. The molecule has 1 aromatic heterocycles. The number of anilines is 1. The number of nitriles is 1. The fourth-order valence-electron chi connectivity index (χ4n) is 3.44. The fraction of sp³-hybridized carbons (Fsp3) is 0.261. The summed E-state index contributed by atoms with van der Waals surface area (Å²) in [7, 11) is 0. The van der Waals surface area contributed by atoms with Crippen LogP contribution in [-0.4, -0.2) is 42.0 Å². The Bertz CT molecular complexity index is 1090. The summed E-state index contributed by atoms with van der Waals surface area (Å²) in [5.41, 5.74) is 3.38. The van der Waals surface area contributed by atoms with Crippen LogP contribution in [0.15, 0.2) is 54.1 Å². The molecule has 4 rings (SSSR count). The number of carbonyl (C=O) groups is 1. The van der Waals surface area contributed by atoms with Crippen molar-refractivity contribution >= 4 is 38.7 Å². The normalized spacial score (nSPS) is 14.8. The van der Waals surface area contributed by atoms with E-state index in [0.717, 1.165) is 35.7 Å². The Morgan fingerprint density at radius 2 is 1.93 bits per heavy atom. The van der Waals surface area contributed by atoms with Crippen molar-refractivity contribution in [3.05, 3.63) is 65.2 Å². The van der Waals surface area contributed by atoms with Gasteiger partial charge >= 0.3 is 0 Å². The van der Waals surface area contributed by atoms with E-state index in [2.05, 4.69) is 36.1 Å². The van der Waals surface area contributed by atoms with Gasteiger partial charge in [0.15, 0.2) is 5.13 Å². The second kappa shape index (κ2) is 8.46. The number of rotatable bonds is 4. The molecule has 2 aromatic carbocycles. The molecule has 1 saturated heterocycles. The number of aryl methyl sites for hydroxylation is 1. The number of benzene rings is 2. The van der Waals surface area contributed by atoms with E-state index in [-0.39, 0.29) is 11.5 Å². The Morgan fingerprint density at radius 1 is 1.17 bits per heavy atom. The Balaban J connectivity index is 1.44. The van der Waals surface area contributed by atoms with Gasteiger partial charge in [-0.3, -0.25) is 4.79 Å². The van der Waals surface area contributed by atoms with Crippen molar-refractivity contribution in [3.8, 4) is 6.07 Å². The molecule has 5 nitrogen and oxygen atoms in total. The molecular weight excluding hydrogens is 380 g/mol. The molecule has 0 atom stereocenters. The first kappa shape index (κ1) is 19.2. The SMILES string of the molecule is CCc1ccc2nc(N3CCN(C(=O)/C(C#N)=C/c4ccccc4)CC3)sc2c1. The van der Waals surface area contributed by atoms with Crippen LogP contribution in [0.5, 0.6) is 0 Å². The van der Waals surface area contributed by atoms with Crippen molar-refractivity contribution in [3.63, 3.8) is 0 Å². The number of hydrogen-bond donors (Lipinski definition) is 0. The van der Waals surface area contributed by atoms with Crippen LogP contribution in [0.2, 0.25) is 0 Å². The van der Waals surface area contributed by atoms with Crippen LogP contribution in [0, 0.1) is 11.3 Å². The standard InChI is InChI=1S/C23H22N4OS/c1-2-17-8-9-20-21(15-17)29-23(25-20)27-12-10-26(11-13-27)22(28)19(16-24)14-18-6-4-3-5-7-18/h3-9,14-15H,2,10-13H2,1H3/b19-14+. The van der Waals surface area contributed by atoms with Crippen LogP contribution in [0.4, 0.5) is 5.13 Å². The molecule has 2 heterocycles. The molecule has 146 valence electrons. The molecule has 1 aliphatic heterocycles. The van der Waals surface area contributed by atoms with E-state index in [1.165, 1.54) is 10.3 Å². The fourth-order valence-corrected chi connectivity index (χ4v) is 4.52. The van der Waals surface area contributed by atoms with Gasteiger partial charge in [0.05, 0.1) is 10.2 Å².